The summed E-state index contributed by atoms with van der Waals surface area (Å²) < 4.78 is 2.59. The van der Waals surface area contributed by atoms with Crippen molar-refractivity contribution >= 4 is 26.7 Å². The molecule has 0 fully saturated rings. The van der Waals surface area contributed by atoms with Crippen molar-refractivity contribution in [3.05, 3.63) is 44.8 Å². The van der Waals surface area contributed by atoms with Gasteiger partial charge in [0.05, 0.1) is 0 Å². The lowest BCUT2D eigenvalue weighted by atomic mass is 10.1. The quantitative estimate of drug-likeness (QED) is 0.706. The summed E-state index contributed by atoms with van der Waals surface area (Å²) in [6, 6.07) is 5.69. The zero-order valence-corrected chi connectivity index (χ0v) is 9.63. The van der Waals surface area contributed by atoms with Crippen LogP contribution in [0.1, 0.15) is 5.56 Å². The Balaban J connectivity index is 3.10. The van der Waals surface area contributed by atoms with E-state index in [9.17, 15) is 4.79 Å². The molecule has 2 aromatic rings. The normalized spacial score (nSPS) is 10.8. The monoisotopic (exact) mass is 251 g/mol. The molecular formula is C11H10BrNO. The van der Waals surface area contributed by atoms with Gasteiger partial charge in [-0.1, -0.05) is 22.0 Å². The lowest BCUT2D eigenvalue weighted by Crippen LogP contribution is -2.16. The number of halogens is 1. The van der Waals surface area contributed by atoms with Crippen LogP contribution in [-0.2, 0) is 7.05 Å². The highest BCUT2D eigenvalue weighted by Crippen LogP contribution is 2.24. The number of benzene rings is 1. The van der Waals surface area contributed by atoms with Crippen molar-refractivity contribution in [3.8, 4) is 0 Å². The zero-order chi connectivity index (χ0) is 10.3. The zero-order valence-electron chi connectivity index (χ0n) is 8.04. The average Bonchev–Trinajstić information content (AvgIpc) is 2.14. The van der Waals surface area contributed by atoms with E-state index in [1.54, 1.807) is 11.6 Å². The van der Waals surface area contributed by atoms with E-state index < -0.39 is 0 Å². The lowest BCUT2D eigenvalue weighted by molar-refractivity contribution is 0.866. The minimum absolute atomic E-state index is 0.0481. The molecule has 2 rings (SSSR count). The van der Waals surface area contributed by atoms with Gasteiger partial charge < -0.3 is 4.57 Å². The highest BCUT2D eigenvalue weighted by Gasteiger charge is 2.06. The molecule has 0 radical (unpaired) electrons. The molecular weight excluding hydrogens is 242 g/mol. The van der Waals surface area contributed by atoms with E-state index in [0.29, 0.717) is 0 Å². The Morgan fingerprint density at radius 2 is 2.07 bits per heavy atom. The van der Waals surface area contributed by atoms with Gasteiger partial charge in [-0.25, -0.2) is 0 Å². The fraction of sp³-hybridized carbons (Fsp3) is 0.182. The van der Waals surface area contributed by atoms with Crippen LogP contribution in [0.3, 0.4) is 0 Å². The summed E-state index contributed by atoms with van der Waals surface area (Å²) in [7, 11) is 1.77. The van der Waals surface area contributed by atoms with Gasteiger partial charge in [0.15, 0.2) is 0 Å². The van der Waals surface area contributed by atoms with Crippen molar-refractivity contribution in [2.24, 2.45) is 7.05 Å². The molecule has 0 bridgehead atoms. The van der Waals surface area contributed by atoms with Crippen LogP contribution in [0.2, 0.25) is 0 Å². The average molecular weight is 252 g/mol. The molecule has 0 atom stereocenters. The Bertz CT molecular complexity index is 557. The second kappa shape index (κ2) is 3.24. The number of aromatic nitrogens is 1. The standard InChI is InChI=1S/C11H10BrNO/c1-7-6-13(2)11(14)8-4-3-5-9(12)10(7)8/h3-6H,1-2H3. The molecule has 0 aliphatic rings. The van der Waals surface area contributed by atoms with Crippen LogP contribution in [0.15, 0.2) is 33.7 Å². The number of rotatable bonds is 0. The number of aryl methyl sites for hydroxylation is 2. The summed E-state index contributed by atoms with van der Waals surface area (Å²) in [5, 5.41) is 1.78. The molecule has 0 amide bonds. The highest BCUT2D eigenvalue weighted by atomic mass is 79.9. The SMILES string of the molecule is Cc1cn(C)c(=O)c2cccc(Br)c12. The molecule has 14 heavy (non-hydrogen) atoms. The molecule has 0 aliphatic heterocycles. The third kappa shape index (κ3) is 1.28. The first-order chi connectivity index (χ1) is 6.61. The number of pyridine rings is 1. The first kappa shape index (κ1) is 9.46. The van der Waals surface area contributed by atoms with Crippen molar-refractivity contribution < 1.29 is 0 Å². The Labute approximate surface area is 90.3 Å². The maximum absolute atomic E-state index is 11.8. The van der Waals surface area contributed by atoms with Crippen molar-refractivity contribution in [1.82, 2.24) is 4.57 Å². The number of hydrogen-bond acceptors (Lipinski definition) is 1. The molecule has 0 unspecified atom stereocenters. The van der Waals surface area contributed by atoms with Crippen LogP contribution in [0.5, 0.6) is 0 Å². The molecule has 0 aliphatic carbocycles. The van der Waals surface area contributed by atoms with Crippen LogP contribution in [0.4, 0.5) is 0 Å². The highest BCUT2D eigenvalue weighted by molar-refractivity contribution is 9.10. The van der Waals surface area contributed by atoms with Crippen molar-refractivity contribution in [2.45, 2.75) is 6.92 Å². The molecule has 3 heteroatoms. The topological polar surface area (TPSA) is 22.0 Å². The Kier molecular flexibility index (Phi) is 2.19. The first-order valence-corrected chi connectivity index (χ1v) is 5.15. The fourth-order valence-corrected chi connectivity index (χ4v) is 2.39. The van der Waals surface area contributed by atoms with E-state index in [2.05, 4.69) is 15.9 Å². The van der Waals surface area contributed by atoms with Gasteiger partial charge in [0.1, 0.15) is 0 Å². The van der Waals surface area contributed by atoms with E-state index in [1.807, 2.05) is 31.3 Å². The van der Waals surface area contributed by atoms with E-state index in [4.69, 9.17) is 0 Å². The fourth-order valence-electron chi connectivity index (χ4n) is 1.71. The van der Waals surface area contributed by atoms with Crippen molar-refractivity contribution in [2.75, 3.05) is 0 Å². The summed E-state index contributed by atoms with van der Waals surface area (Å²) in [6.07, 6.45) is 1.86. The number of nitrogens with zero attached hydrogens (tertiary/aromatic N) is 1. The molecule has 0 spiro atoms. The van der Waals surface area contributed by atoms with Gasteiger partial charge in [-0.2, -0.15) is 0 Å². The number of fused-ring (bicyclic) bond motifs is 1. The van der Waals surface area contributed by atoms with Gasteiger partial charge >= 0.3 is 0 Å². The molecule has 1 aromatic carbocycles. The van der Waals surface area contributed by atoms with Gasteiger partial charge in [0.2, 0.25) is 0 Å². The first-order valence-electron chi connectivity index (χ1n) is 4.35. The maximum Gasteiger partial charge on any atom is 0.258 e. The largest absolute Gasteiger partial charge is 0.318 e. The minimum atomic E-state index is 0.0481. The molecule has 1 heterocycles. The lowest BCUT2D eigenvalue weighted by Gasteiger charge is -2.06. The van der Waals surface area contributed by atoms with Crippen LogP contribution in [0, 0.1) is 6.92 Å². The van der Waals surface area contributed by atoms with Crippen molar-refractivity contribution in [1.29, 1.82) is 0 Å². The summed E-state index contributed by atoms with van der Waals surface area (Å²) in [4.78, 5) is 11.8. The van der Waals surface area contributed by atoms with E-state index in [0.717, 1.165) is 20.8 Å². The van der Waals surface area contributed by atoms with Gasteiger partial charge in [-0.15, -0.1) is 0 Å². The third-order valence-corrected chi connectivity index (χ3v) is 3.01. The van der Waals surface area contributed by atoms with E-state index in [-0.39, 0.29) is 5.56 Å². The maximum atomic E-state index is 11.8. The van der Waals surface area contributed by atoms with Crippen LogP contribution in [0.25, 0.3) is 10.8 Å². The molecule has 1 aromatic heterocycles. The Morgan fingerprint density at radius 3 is 2.79 bits per heavy atom. The molecule has 2 nitrogen and oxygen atoms in total. The molecule has 0 saturated heterocycles. The summed E-state index contributed by atoms with van der Waals surface area (Å²) in [5.41, 5.74) is 1.15. The summed E-state index contributed by atoms with van der Waals surface area (Å²) in [6.45, 7) is 2.01. The predicted molar refractivity (Wildman–Crippen MR) is 61.6 cm³/mol. The van der Waals surface area contributed by atoms with E-state index in [1.165, 1.54) is 0 Å². The smallest absolute Gasteiger partial charge is 0.258 e. The Hall–Kier alpha value is -1.09. The second-order valence-electron chi connectivity index (χ2n) is 3.39. The second-order valence-corrected chi connectivity index (χ2v) is 4.24. The summed E-state index contributed by atoms with van der Waals surface area (Å²) >= 11 is 3.46. The van der Waals surface area contributed by atoms with Gasteiger partial charge in [-0.05, 0) is 24.6 Å². The third-order valence-electron chi connectivity index (χ3n) is 2.35. The molecule has 72 valence electrons. The molecule has 0 saturated carbocycles. The predicted octanol–water partition coefficient (Wildman–Crippen LogP) is 2.61. The van der Waals surface area contributed by atoms with Gasteiger partial charge in [-0.3, -0.25) is 4.79 Å². The Morgan fingerprint density at radius 1 is 1.36 bits per heavy atom. The minimum Gasteiger partial charge on any atom is -0.318 e. The van der Waals surface area contributed by atoms with E-state index >= 15 is 0 Å². The molecule has 0 N–H and O–H groups in total. The van der Waals surface area contributed by atoms with Crippen LogP contribution in [-0.4, -0.2) is 4.57 Å². The van der Waals surface area contributed by atoms with Crippen molar-refractivity contribution in [3.63, 3.8) is 0 Å². The summed E-state index contributed by atoms with van der Waals surface area (Å²) in [5.74, 6) is 0. The van der Waals surface area contributed by atoms with Crippen LogP contribution < -0.4 is 5.56 Å². The van der Waals surface area contributed by atoms with Gasteiger partial charge in [0.25, 0.3) is 5.56 Å². The number of hydrogen-bond donors (Lipinski definition) is 0. The van der Waals surface area contributed by atoms with Crippen LogP contribution >= 0.6 is 15.9 Å². The van der Waals surface area contributed by atoms with Gasteiger partial charge in [0, 0.05) is 28.5 Å².